The third-order valence-electron chi connectivity index (χ3n) is 2.58. The van der Waals surface area contributed by atoms with E-state index in [1.165, 1.54) is 58.2 Å². The van der Waals surface area contributed by atoms with Crippen molar-refractivity contribution in [1.82, 2.24) is 4.90 Å². The van der Waals surface area contributed by atoms with Gasteiger partial charge in [-0.3, -0.25) is 0 Å². The zero-order valence-corrected chi connectivity index (χ0v) is 8.10. The van der Waals surface area contributed by atoms with Gasteiger partial charge in [-0.1, -0.05) is 12.5 Å². The summed E-state index contributed by atoms with van der Waals surface area (Å²) < 4.78 is 0. The number of nitrogens with zero attached hydrogens (tertiary/aromatic N) is 1. The smallest absolute Gasteiger partial charge is 0.00186 e. The van der Waals surface area contributed by atoms with Crippen LogP contribution in [0, 0.1) is 0 Å². The molecule has 1 saturated heterocycles. The molecule has 0 atom stereocenters. The lowest BCUT2D eigenvalue weighted by atomic mass is 10.1. The SMILES string of the molecule is C=CCCCCN1CCCCC1. The van der Waals surface area contributed by atoms with Gasteiger partial charge in [-0.25, -0.2) is 0 Å². The number of hydrogen-bond donors (Lipinski definition) is 0. The van der Waals surface area contributed by atoms with Crippen LogP contribution < -0.4 is 0 Å². The van der Waals surface area contributed by atoms with Gasteiger partial charge in [0.1, 0.15) is 0 Å². The Morgan fingerprint density at radius 1 is 1.08 bits per heavy atom. The standard InChI is InChI=1S/C11H21N/c1-2-3-4-6-9-12-10-7-5-8-11-12/h2H,1,3-11H2. The van der Waals surface area contributed by atoms with Gasteiger partial charge < -0.3 is 4.90 Å². The lowest BCUT2D eigenvalue weighted by Gasteiger charge is -2.26. The molecule has 0 N–H and O–H groups in total. The molecule has 0 saturated carbocycles. The van der Waals surface area contributed by atoms with Crippen LogP contribution in [0.15, 0.2) is 12.7 Å². The van der Waals surface area contributed by atoms with Crippen LogP contribution in [0.5, 0.6) is 0 Å². The number of allylic oxidation sites excluding steroid dienone is 1. The molecule has 1 aliphatic rings. The fourth-order valence-corrected chi connectivity index (χ4v) is 1.81. The van der Waals surface area contributed by atoms with Crippen LogP contribution in [-0.2, 0) is 0 Å². The molecule has 0 amide bonds. The van der Waals surface area contributed by atoms with E-state index in [-0.39, 0.29) is 0 Å². The van der Waals surface area contributed by atoms with Gasteiger partial charge in [0.2, 0.25) is 0 Å². The summed E-state index contributed by atoms with van der Waals surface area (Å²) in [5, 5.41) is 0. The average Bonchev–Trinajstić information content (AvgIpc) is 2.14. The van der Waals surface area contributed by atoms with E-state index in [1.54, 1.807) is 0 Å². The summed E-state index contributed by atoms with van der Waals surface area (Å²) in [5.74, 6) is 0. The molecule has 1 aliphatic heterocycles. The number of piperidine rings is 1. The highest BCUT2D eigenvalue weighted by Crippen LogP contribution is 2.09. The fourth-order valence-electron chi connectivity index (χ4n) is 1.81. The molecule has 0 aromatic rings. The maximum atomic E-state index is 3.73. The zero-order valence-electron chi connectivity index (χ0n) is 8.10. The summed E-state index contributed by atoms with van der Waals surface area (Å²) in [6.45, 7) is 7.73. The van der Waals surface area contributed by atoms with Crippen molar-refractivity contribution in [3.63, 3.8) is 0 Å². The Morgan fingerprint density at radius 3 is 2.50 bits per heavy atom. The summed E-state index contributed by atoms with van der Waals surface area (Å²) in [7, 11) is 0. The monoisotopic (exact) mass is 167 g/mol. The van der Waals surface area contributed by atoms with E-state index in [9.17, 15) is 0 Å². The first-order valence-corrected chi connectivity index (χ1v) is 5.27. The highest BCUT2D eigenvalue weighted by atomic mass is 15.1. The van der Waals surface area contributed by atoms with Gasteiger partial charge in [-0.2, -0.15) is 0 Å². The minimum absolute atomic E-state index is 1.19. The summed E-state index contributed by atoms with van der Waals surface area (Å²) >= 11 is 0. The van der Waals surface area contributed by atoms with E-state index in [0.717, 1.165) is 0 Å². The van der Waals surface area contributed by atoms with Crippen molar-refractivity contribution >= 4 is 0 Å². The van der Waals surface area contributed by atoms with Crippen LogP contribution in [-0.4, -0.2) is 24.5 Å². The molecule has 0 aliphatic carbocycles. The Labute approximate surface area is 76.5 Å². The maximum Gasteiger partial charge on any atom is -0.00186 e. The molecule has 0 radical (unpaired) electrons. The van der Waals surface area contributed by atoms with E-state index in [2.05, 4.69) is 11.5 Å². The van der Waals surface area contributed by atoms with Crippen molar-refractivity contribution < 1.29 is 0 Å². The summed E-state index contributed by atoms with van der Waals surface area (Å²) in [6.07, 6.45) is 10.2. The van der Waals surface area contributed by atoms with Crippen molar-refractivity contribution in [2.75, 3.05) is 19.6 Å². The van der Waals surface area contributed by atoms with E-state index in [4.69, 9.17) is 0 Å². The third kappa shape index (κ3) is 3.91. The molecule has 1 rings (SSSR count). The van der Waals surface area contributed by atoms with Crippen molar-refractivity contribution in [3.05, 3.63) is 12.7 Å². The molecule has 0 unspecified atom stereocenters. The van der Waals surface area contributed by atoms with Gasteiger partial charge in [-0.15, -0.1) is 6.58 Å². The molecule has 1 heteroatoms. The van der Waals surface area contributed by atoms with Crippen molar-refractivity contribution in [2.24, 2.45) is 0 Å². The molecule has 1 nitrogen and oxygen atoms in total. The first-order chi connectivity index (χ1) is 5.93. The Kier molecular flexibility index (Phi) is 5.09. The van der Waals surface area contributed by atoms with Crippen LogP contribution in [0.2, 0.25) is 0 Å². The quantitative estimate of drug-likeness (QED) is 0.449. The van der Waals surface area contributed by atoms with Gasteiger partial charge in [-0.05, 0) is 51.7 Å². The molecule has 12 heavy (non-hydrogen) atoms. The van der Waals surface area contributed by atoms with E-state index in [1.807, 2.05) is 6.08 Å². The van der Waals surface area contributed by atoms with Gasteiger partial charge in [0.05, 0.1) is 0 Å². The molecule has 0 bridgehead atoms. The Hall–Kier alpha value is -0.300. The Morgan fingerprint density at radius 2 is 1.83 bits per heavy atom. The van der Waals surface area contributed by atoms with Gasteiger partial charge in [0.15, 0.2) is 0 Å². The second-order valence-electron chi connectivity index (χ2n) is 3.69. The summed E-state index contributed by atoms with van der Waals surface area (Å²) in [4.78, 5) is 2.60. The van der Waals surface area contributed by atoms with Crippen molar-refractivity contribution in [2.45, 2.75) is 38.5 Å². The molecule has 0 aromatic heterocycles. The van der Waals surface area contributed by atoms with Crippen LogP contribution in [0.4, 0.5) is 0 Å². The largest absolute Gasteiger partial charge is 0.303 e. The van der Waals surface area contributed by atoms with Crippen LogP contribution in [0.25, 0.3) is 0 Å². The Balaban J connectivity index is 1.94. The second-order valence-corrected chi connectivity index (χ2v) is 3.69. The normalized spacial score (nSPS) is 19.3. The third-order valence-corrected chi connectivity index (χ3v) is 2.58. The lowest BCUT2D eigenvalue weighted by Crippen LogP contribution is -2.30. The highest BCUT2D eigenvalue weighted by molar-refractivity contribution is 4.68. The predicted octanol–water partition coefficient (Wildman–Crippen LogP) is 2.83. The van der Waals surface area contributed by atoms with Crippen molar-refractivity contribution in [1.29, 1.82) is 0 Å². The molecular weight excluding hydrogens is 146 g/mol. The van der Waals surface area contributed by atoms with Gasteiger partial charge >= 0.3 is 0 Å². The molecule has 0 spiro atoms. The molecule has 1 heterocycles. The van der Waals surface area contributed by atoms with E-state index >= 15 is 0 Å². The summed E-state index contributed by atoms with van der Waals surface area (Å²) in [6, 6.07) is 0. The van der Waals surface area contributed by atoms with Crippen LogP contribution in [0.3, 0.4) is 0 Å². The maximum absolute atomic E-state index is 3.73. The Bertz CT molecular complexity index is 114. The number of likely N-dealkylation sites (tertiary alicyclic amines) is 1. The van der Waals surface area contributed by atoms with E-state index in [0.29, 0.717) is 0 Å². The van der Waals surface area contributed by atoms with Gasteiger partial charge in [0.25, 0.3) is 0 Å². The first kappa shape index (κ1) is 9.79. The number of unbranched alkanes of at least 4 members (excludes halogenated alkanes) is 2. The summed E-state index contributed by atoms with van der Waals surface area (Å²) in [5.41, 5.74) is 0. The van der Waals surface area contributed by atoms with Gasteiger partial charge in [0, 0.05) is 0 Å². The molecule has 70 valence electrons. The van der Waals surface area contributed by atoms with Crippen LogP contribution >= 0.6 is 0 Å². The number of rotatable bonds is 5. The zero-order chi connectivity index (χ0) is 8.65. The average molecular weight is 167 g/mol. The lowest BCUT2D eigenvalue weighted by molar-refractivity contribution is 0.225. The minimum atomic E-state index is 1.19. The molecule has 1 fully saturated rings. The van der Waals surface area contributed by atoms with Crippen LogP contribution in [0.1, 0.15) is 38.5 Å². The second kappa shape index (κ2) is 6.24. The molecule has 0 aromatic carbocycles. The van der Waals surface area contributed by atoms with Crippen molar-refractivity contribution in [3.8, 4) is 0 Å². The predicted molar refractivity (Wildman–Crippen MR) is 54.3 cm³/mol. The van der Waals surface area contributed by atoms with E-state index < -0.39 is 0 Å². The number of hydrogen-bond acceptors (Lipinski definition) is 1. The minimum Gasteiger partial charge on any atom is -0.303 e. The first-order valence-electron chi connectivity index (χ1n) is 5.27. The highest BCUT2D eigenvalue weighted by Gasteiger charge is 2.08. The fraction of sp³-hybridized carbons (Fsp3) is 0.818. The topological polar surface area (TPSA) is 3.24 Å². The molecular formula is C11H21N.